The Kier molecular flexibility index (Phi) is 6.37. The van der Waals surface area contributed by atoms with Gasteiger partial charge in [-0.3, -0.25) is 4.98 Å². The quantitative estimate of drug-likeness (QED) is 0.325. The number of benzene rings is 3. The molecule has 0 unspecified atom stereocenters. The Morgan fingerprint density at radius 1 is 0.941 bits per heavy atom. The predicted octanol–water partition coefficient (Wildman–Crippen LogP) is 5.68. The summed E-state index contributed by atoms with van der Waals surface area (Å²) in [7, 11) is -7.15. The molecule has 0 atom stereocenters. The molecule has 0 aliphatic rings. The molecule has 0 N–H and O–H groups in total. The van der Waals surface area contributed by atoms with Crippen LogP contribution in [0.15, 0.2) is 76.7 Å². The molecule has 176 valence electrons. The number of halogens is 2. The maximum atomic E-state index is 14.1. The molecule has 0 saturated carbocycles. The number of rotatable bonds is 6. The van der Waals surface area contributed by atoms with E-state index < -0.39 is 25.5 Å². The van der Waals surface area contributed by atoms with Crippen LogP contribution in [0.4, 0.5) is 4.39 Å². The van der Waals surface area contributed by atoms with Gasteiger partial charge in [-0.05, 0) is 48.0 Å². The number of pyridine rings is 1. The molecule has 0 amide bonds. The van der Waals surface area contributed by atoms with E-state index in [1.54, 1.807) is 36.4 Å². The van der Waals surface area contributed by atoms with E-state index >= 15 is 0 Å². The fraction of sp³-hybridized carbons (Fsp3) is 0.125. The molecule has 34 heavy (non-hydrogen) atoms. The maximum absolute atomic E-state index is 14.1. The molecule has 0 saturated heterocycles. The third kappa shape index (κ3) is 4.77. The van der Waals surface area contributed by atoms with Crippen LogP contribution in [0.5, 0.6) is 11.5 Å². The highest BCUT2D eigenvalue weighted by Gasteiger charge is 2.18. The first kappa shape index (κ1) is 24.1. The number of ether oxygens (including phenoxy) is 1. The van der Waals surface area contributed by atoms with Crippen LogP contribution in [0.3, 0.4) is 0 Å². The first-order valence-electron chi connectivity index (χ1n) is 10.1. The van der Waals surface area contributed by atoms with Crippen LogP contribution in [0.2, 0.25) is 5.02 Å². The van der Waals surface area contributed by atoms with E-state index in [0.717, 1.165) is 18.4 Å². The average molecular weight is 520 g/mol. The van der Waals surface area contributed by atoms with Crippen molar-refractivity contribution in [3.8, 4) is 22.6 Å². The first-order chi connectivity index (χ1) is 16.0. The van der Waals surface area contributed by atoms with Gasteiger partial charge >= 0.3 is 0 Å². The van der Waals surface area contributed by atoms with E-state index in [2.05, 4.69) is 4.98 Å². The molecule has 3 aromatic carbocycles. The average Bonchev–Trinajstić information content (AvgIpc) is 2.78. The van der Waals surface area contributed by atoms with Crippen molar-refractivity contribution >= 4 is 42.2 Å². The summed E-state index contributed by atoms with van der Waals surface area (Å²) in [6, 6.07) is 14.6. The Labute approximate surface area is 201 Å². The van der Waals surface area contributed by atoms with Crippen molar-refractivity contribution < 1.29 is 26.0 Å². The van der Waals surface area contributed by atoms with Gasteiger partial charge in [0, 0.05) is 34.5 Å². The molecule has 6 nitrogen and oxygen atoms in total. The van der Waals surface area contributed by atoms with Crippen molar-refractivity contribution in [2.45, 2.75) is 16.7 Å². The number of para-hydroxylation sites is 1. The van der Waals surface area contributed by atoms with Crippen LogP contribution in [-0.4, -0.2) is 33.8 Å². The van der Waals surface area contributed by atoms with Crippen molar-refractivity contribution in [2.75, 3.05) is 12.0 Å². The lowest BCUT2D eigenvalue weighted by atomic mass is 10.0. The van der Waals surface area contributed by atoms with Gasteiger partial charge in [0.2, 0.25) is 0 Å². The van der Waals surface area contributed by atoms with E-state index in [0.29, 0.717) is 27.1 Å². The third-order valence-electron chi connectivity index (χ3n) is 5.18. The van der Waals surface area contributed by atoms with Crippen LogP contribution in [0.25, 0.3) is 22.0 Å². The van der Waals surface area contributed by atoms with Gasteiger partial charge in [0.05, 0.1) is 21.1 Å². The van der Waals surface area contributed by atoms with Gasteiger partial charge in [0.1, 0.15) is 17.3 Å². The molecule has 1 aromatic heterocycles. The van der Waals surface area contributed by atoms with E-state index in [4.69, 9.17) is 16.3 Å². The summed E-state index contributed by atoms with van der Waals surface area (Å²) in [4.78, 5) is 4.18. The van der Waals surface area contributed by atoms with Gasteiger partial charge in [-0.25, -0.2) is 21.2 Å². The fourth-order valence-corrected chi connectivity index (χ4v) is 5.52. The zero-order valence-electron chi connectivity index (χ0n) is 18.1. The van der Waals surface area contributed by atoms with Crippen molar-refractivity contribution in [3.63, 3.8) is 0 Å². The molecule has 4 aromatic rings. The highest BCUT2D eigenvalue weighted by atomic mass is 35.5. The van der Waals surface area contributed by atoms with Gasteiger partial charge in [0.25, 0.3) is 0 Å². The zero-order valence-corrected chi connectivity index (χ0v) is 20.5. The van der Waals surface area contributed by atoms with Crippen LogP contribution < -0.4 is 4.74 Å². The SMILES string of the molecule is CCS(=O)(=O)c1cc(F)cc(Oc2ccc(Cl)c(-c3ccnc4c(S(C)(=O)=O)cccc34)c2)c1. The van der Waals surface area contributed by atoms with Crippen LogP contribution >= 0.6 is 11.6 Å². The van der Waals surface area contributed by atoms with Crippen molar-refractivity contribution in [3.05, 3.63) is 77.7 Å². The first-order valence-corrected chi connectivity index (χ1v) is 14.0. The Hall–Kier alpha value is -3.01. The lowest BCUT2D eigenvalue weighted by molar-refractivity contribution is 0.474. The molecule has 0 spiro atoms. The summed E-state index contributed by atoms with van der Waals surface area (Å²) in [6.45, 7) is 1.47. The molecule has 0 fully saturated rings. The molecule has 0 radical (unpaired) electrons. The molecular weight excluding hydrogens is 501 g/mol. The molecule has 0 aliphatic carbocycles. The molecule has 0 aliphatic heterocycles. The van der Waals surface area contributed by atoms with Crippen molar-refractivity contribution in [2.24, 2.45) is 0 Å². The van der Waals surface area contributed by atoms with E-state index in [9.17, 15) is 21.2 Å². The summed E-state index contributed by atoms with van der Waals surface area (Å²) < 4.78 is 68.6. The maximum Gasteiger partial charge on any atom is 0.178 e. The minimum Gasteiger partial charge on any atom is -0.457 e. The highest BCUT2D eigenvalue weighted by Crippen LogP contribution is 2.38. The van der Waals surface area contributed by atoms with Crippen molar-refractivity contribution in [1.29, 1.82) is 0 Å². The minimum absolute atomic E-state index is 0.0132. The molecular formula is C24H19ClFNO5S2. The second-order valence-electron chi connectivity index (χ2n) is 7.55. The van der Waals surface area contributed by atoms with E-state index in [1.807, 2.05) is 0 Å². The lowest BCUT2D eigenvalue weighted by Crippen LogP contribution is -2.04. The summed E-state index contributed by atoms with van der Waals surface area (Å²) in [5, 5.41) is 0.949. The fourth-order valence-electron chi connectivity index (χ4n) is 3.54. The third-order valence-corrected chi connectivity index (χ3v) is 8.35. The smallest absolute Gasteiger partial charge is 0.178 e. The van der Waals surface area contributed by atoms with Gasteiger partial charge in [-0.2, -0.15) is 0 Å². The molecule has 0 bridgehead atoms. The second kappa shape index (κ2) is 8.98. The van der Waals surface area contributed by atoms with Gasteiger partial charge < -0.3 is 4.74 Å². The van der Waals surface area contributed by atoms with E-state index in [1.165, 1.54) is 25.3 Å². The number of fused-ring (bicyclic) bond motifs is 1. The lowest BCUT2D eigenvalue weighted by Gasteiger charge is -2.13. The van der Waals surface area contributed by atoms with Crippen LogP contribution in [0, 0.1) is 5.82 Å². The van der Waals surface area contributed by atoms with Crippen LogP contribution in [0.1, 0.15) is 6.92 Å². The summed E-state index contributed by atoms with van der Waals surface area (Å²) in [5.74, 6) is -0.619. The summed E-state index contributed by atoms with van der Waals surface area (Å²) in [5.41, 5.74) is 1.47. The number of aromatic nitrogens is 1. The second-order valence-corrected chi connectivity index (χ2v) is 12.2. The molecule has 10 heteroatoms. The largest absolute Gasteiger partial charge is 0.457 e. The number of hydrogen-bond acceptors (Lipinski definition) is 6. The van der Waals surface area contributed by atoms with Gasteiger partial charge in [-0.1, -0.05) is 30.7 Å². The normalized spacial score (nSPS) is 12.1. The van der Waals surface area contributed by atoms with E-state index in [-0.39, 0.29) is 27.0 Å². The monoisotopic (exact) mass is 519 g/mol. The number of nitrogens with zero attached hydrogens (tertiary/aromatic N) is 1. The van der Waals surface area contributed by atoms with Gasteiger partial charge in [0.15, 0.2) is 19.7 Å². The minimum atomic E-state index is -3.63. The predicted molar refractivity (Wildman–Crippen MR) is 129 cm³/mol. The van der Waals surface area contributed by atoms with Gasteiger partial charge in [-0.15, -0.1) is 0 Å². The number of sulfone groups is 2. The Balaban J connectivity index is 1.82. The zero-order chi connectivity index (χ0) is 24.7. The van der Waals surface area contributed by atoms with Crippen molar-refractivity contribution in [1.82, 2.24) is 4.98 Å². The molecule has 1 heterocycles. The Morgan fingerprint density at radius 2 is 1.71 bits per heavy atom. The standard InChI is InChI=1S/C24H19ClFNO5S2/c1-3-34(30,31)18-12-15(26)11-17(13-18)32-16-7-8-22(25)21(14-16)19-9-10-27-24-20(19)5-4-6-23(24)33(2,28)29/h4-14H,3H2,1-2H3. The highest BCUT2D eigenvalue weighted by molar-refractivity contribution is 7.91. The molecule has 4 rings (SSSR count). The summed E-state index contributed by atoms with van der Waals surface area (Å²) >= 11 is 6.46. The van der Waals surface area contributed by atoms with Crippen LogP contribution in [-0.2, 0) is 19.7 Å². The Morgan fingerprint density at radius 3 is 2.41 bits per heavy atom. The summed E-state index contributed by atoms with van der Waals surface area (Å²) in [6.07, 6.45) is 2.61. The topological polar surface area (TPSA) is 90.4 Å². The number of hydrogen-bond donors (Lipinski definition) is 0. The Bertz CT molecular complexity index is 1640.